The van der Waals surface area contributed by atoms with Crippen molar-refractivity contribution in [1.29, 1.82) is 0 Å². The molecule has 1 aromatic heterocycles. The lowest BCUT2D eigenvalue weighted by molar-refractivity contribution is -0.119. The highest BCUT2D eigenvalue weighted by atomic mass is 35.5. The molecule has 0 bridgehead atoms. The number of carbonyl (C=O) groups excluding carboxylic acids is 1. The number of rotatable bonds is 8. The van der Waals surface area contributed by atoms with Crippen molar-refractivity contribution in [3.63, 3.8) is 0 Å². The van der Waals surface area contributed by atoms with E-state index < -0.39 is 0 Å². The normalized spacial score (nSPS) is 16.1. The Morgan fingerprint density at radius 3 is 2.90 bits per heavy atom. The van der Waals surface area contributed by atoms with Crippen LogP contribution in [0.2, 0.25) is 10.0 Å². The Morgan fingerprint density at radius 2 is 2.13 bits per heavy atom. The standard InChI is InChI=1S/C22H22Cl2N2O3S/c23-15-9-10-19(17(24)13-15)29-12-4-8-21(27)26(14-16-5-3-11-28-16)22-25-18-6-1-2-7-20(18)30-22/h1-2,6-7,9-10,13,16H,3-5,8,11-12,14H2/t16-/m0/s1. The number of aromatic nitrogens is 1. The van der Waals surface area contributed by atoms with Crippen LogP contribution in [-0.2, 0) is 9.53 Å². The van der Waals surface area contributed by atoms with Gasteiger partial charge in [-0.15, -0.1) is 0 Å². The molecule has 3 aromatic rings. The quantitative estimate of drug-likeness (QED) is 0.385. The summed E-state index contributed by atoms with van der Waals surface area (Å²) in [5.41, 5.74) is 0.906. The van der Waals surface area contributed by atoms with Gasteiger partial charge < -0.3 is 9.47 Å². The van der Waals surface area contributed by atoms with E-state index in [0.717, 1.165) is 34.8 Å². The third-order valence-corrected chi connectivity index (χ3v) is 6.50. The number of thiazole rings is 1. The van der Waals surface area contributed by atoms with E-state index in [-0.39, 0.29) is 12.0 Å². The zero-order valence-corrected chi connectivity index (χ0v) is 18.7. The highest BCUT2D eigenvalue weighted by molar-refractivity contribution is 7.22. The predicted molar refractivity (Wildman–Crippen MR) is 122 cm³/mol. The zero-order chi connectivity index (χ0) is 20.9. The van der Waals surface area contributed by atoms with Crippen LogP contribution in [0.4, 0.5) is 5.13 Å². The highest BCUT2D eigenvalue weighted by Gasteiger charge is 2.25. The van der Waals surface area contributed by atoms with Gasteiger partial charge in [-0.3, -0.25) is 9.69 Å². The van der Waals surface area contributed by atoms with Crippen LogP contribution in [-0.4, -0.2) is 36.8 Å². The topological polar surface area (TPSA) is 51.7 Å². The second-order valence-electron chi connectivity index (χ2n) is 7.13. The summed E-state index contributed by atoms with van der Waals surface area (Å²) in [6.45, 7) is 1.67. The molecule has 0 aliphatic carbocycles. The van der Waals surface area contributed by atoms with Gasteiger partial charge in [-0.2, -0.15) is 0 Å². The van der Waals surface area contributed by atoms with E-state index in [2.05, 4.69) is 4.98 Å². The molecule has 0 spiro atoms. The maximum Gasteiger partial charge on any atom is 0.228 e. The lowest BCUT2D eigenvalue weighted by Crippen LogP contribution is -2.37. The van der Waals surface area contributed by atoms with E-state index in [0.29, 0.717) is 41.8 Å². The van der Waals surface area contributed by atoms with Gasteiger partial charge in [0.15, 0.2) is 5.13 Å². The number of amides is 1. The molecule has 1 aliphatic rings. The maximum atomic E-state index is 13.1. The third kappa shape index (κ3) is 5.24. The van der Waals surface area contributed by atoms with Crippen LogP contribution in [0.25, 0.3) is 10.2 Å². The number of hydrogen-bond acceptors (Lipinski definition) is 5. The van der Waals surface area contributed by atoms with Gasteiger partial charge in [-0.1, -0.05) is 46.7 Å². The minimum Gasteiger partial charge on any atom is -0.492 e. The molecule has 1 amide bonds. The number of ether oxygens (including phenoxy) is 2. The van der Waals surface area contributed by atoms with E-state index in [4.69, 9.17) is 32.7 Å². The van der Waals surface area contributed by atoms with Crippen molar-refractivity contribution in [3.05, 3.63) is 52.5 Å². The summed E-state index contributed by atoms with van der Waals surface area (Å²) in [5.74, 6) is 0.589. The Kier molecular flexibility index (Phi) is 7.10. The number of carbonyl (C=O) groups is 1. The molecule has 1 fully saturated rings. The lowest BCUT2D eigenvalue weighted by Gasteiger charge is -2.23. The first-order chi connectivity index (χ1) is 14.6. The average Bonchev–Trinajstić information content (AvgIpc) is 3.39. The molecular formula is C22H22Cl2N2O3S. The van der Waals surface area contributed by atoms with Crippen molar-refractivity contribution in [2.45, 2.75) is 31.8 Å². The number of para-hydroxylation sites is 1. The lowest BCUT2D eigenvalue weighted by atomic mass is 10.2. The van der Waals surface area contributed by atoms with E-state index in [1.807, 2.05) is 24.3 Å². The summed E-state index contributed by atoms with van der Waals surface area (Å²) in [6.07, 6.45) is 2.98. The molecular weight excluding hydrogens is 443 g/mol. The van der Waals surface area contributed by atoms with Gasteiger partial charge in [-0.25, -0.2) is 4.98 Å². The Morgan fingerprint density at radius 1 is 1.27 bits per heavy atom. The summed E-state index contributed by atoms with van der Waals surface area (Å²) in [7, 11) is 0. The fraction of sp³-hybridized carbons (Fsp3) is 0.364. The number of hydrogen-bond donors (Lipinski definition) is 0. The Labute approximate surface area is 189 Å². The zero-order valence-electron chi connectivity index (χ0n) is 16.4. The van der Waals surface area contributed by atoms with Gasteiger partial charge in [-0.05, 0) is 49.6 Å². The maximum absolute atomic E-state index is 13.1. The first-order valence-corrected chi connectivity index (χ1v) is 11.5. The molecule has 4 rings (SSSR count). The highest BCUT2D eigenvalue weighted by Crippen LogP contribution is 2.31. The Hall–Kier alpha value is -1.86. The molecule has 0 radical (unpaired) electrons. The van der Waals surface area contributed by atoms with Crippen molar-refractivity contribution < 1.29 is 14.3 Å². The summed E-state index contributed by atoms with van der Waals surface area (Å²) in [6, 6.07) is 13.0. The van der Waals surface area contributed by atoms with Crippen molar-refractivity contribution in [1.82, 2.24) is 4.98 Å². The minimum atomic E-state index is 0.0235. The van der Waals surface area contributed by atoms with Crippen LogP contribution in [0.1, 0.15) is 25.7 Å². The second-order valence-corrected chi connectivity index (χ2v) is 8.98. The molecule has 158 valence electrons. The monoisotopic (exact) mass is 464 g/mol. The molecule has 0 unspecified atom stereocenters. The molecule has 1 atom stereocenters. The fourth-order valence-corrected chi connectivity index (χ4v) is 4.84. The van der Waals surface area contributed by atoms with Crippen LogP contribution in [0.5, 0.6) is 5.75 Å². The molecule has 1 saturated heterocycles. The Balaban J connectivity index is 1.40. The van der Waals surface area contributed by atoms with E-state index in [1.54, 1.807) is 23.1 Å². The van der Waals surface area contributed by atoms with Gasteiger partial charge >= 0.3 is 0 Å². The summed E-state index contributed by atoms with van der Waals surface area (Å²) in [4.78, 5) is 19.5. The summed E-state index contributed by atoms with van der Waals surface area (Å²) in [5, 5.41) is 1.74. The fourth-order valence-electron chi connectivity index (χ4n) is 3.39. The molecule has 5 nitrogen and oxygen atoms in total. The predicted octanol–water partition coefficient (Wildman–Crippen LogP) is 5.97. The molecule has 0 N–H and O–H groups in total. The minimum absolute atomic E-state index is 0.0235. The van der Waals surface area contributed by atoms with E-state index in [9.17, 15) is 4.79 Å². The average molecular weight is 465 g/mol. The second kappa shape index (κ2) is 9.96. The van der Waals surface area contributed by atoms with Crippen LogP contribution in [0, 0.1) is 0 Å². The molecule has 0 saturated carbocycles. The van der Waals surface area contributed by atoms with Crippen LogP contribution in [0.3, 0.4) is 0 Å². The van der Waals surface area contributed by atoms with Crippen LogP contribution < -0.4 is 9.64 Å². The summed E-state index contributed by atoms with van der Waals surface area (Å²) >= 11 is 13.6. The number of halogens is 2. The number of anilines is 1. The third-order valence-electron chi connectivity index (χ3n) is 4.91. The largest absolute Gasteiger partial charge is 0.492 e. The molecule has 8 heteroatoms. The van der Waals surface area contributed by atoms with Crippen molar-refractivity contribution in [3.8, 4) is 5.75 Å². The van der Waals surface area contributed by atoms with E-state index >= 15 is 0 Å². The van der Waals surface area contributed by atoms with Gasteiger partial charge in [0.05, 0.1) is 34.5 Å². The number of nitrogens with zero attached hydrogens (tertiary/aromatic N) is 2. The van der Waals surface area contributed by atoms with Crippen molar-refractivity contribution >= 4 is 55.8 Å². The van der Waals surface area contributed by atoms with Crippen LogP contribution in [0.15, 0.2) is 42.5 Å². The van der Waals surface area contributed by atoms with Gasteiger partial charge in [0.1, 0.15) is 5.75 Å². The Bertz CT molecular complexity index is 988. The van der Waals surface area contributed by atoms with Crippen LogP contribution >= 0.6 is 34.5 Å². The summed E-state index contributed by atoms with van der Waals surface area (Å²) < 4.78 is 12.5. The molecule has 30 heavy (non-hydrogen) atoms. The molecule has 2 aromatic carbocycles. The number of fused-ring (bicyclic) bond motifs is 1. The smallest absolute Gasteiger partial charge is 0.228 e. The van der Waals surface area contributed by atoms with Gasteiger partial charge in [0.25, 0.3) is 0 Å². The molecule has 1 aliphatic heterocycles. The van der Waals surface area contributed by atoms with Crippen molar-refractivity contribution in [2.75, 3.05) is 24.7 Å². The van der Waals surface area contributed by atoms with E-state index in [1.165, 1.54) is 11.3 Å². The number of benzene rings is 2. The van der Waals surface area contributed by atoms with Gasteiger partial charge in [0.2, 0.25) is 5.91 Å². The first kappa shape index (κ1) is 21.4. The van der Waals surface area contributed by atoms with Gasteiger partial charge in [0, 0.05) is 18.1 Å². The first-order valence-electron chi connectivity index (χ1n) is 9.95. The SMILES string of the molecule is O=C(CCCOc1ccc(Cl)cc1Cl)N(C[C@@H]1CCCO1)c1nc2ccccc2s1. The molecule has 2 heterocycles. The van der Waals surface area contributed by atoms with Crippen molar-refractivity contribution in [2.24, 2.45) is 0 Å².